The van der Waals surface area contributed by atoms with E-state index in [2.05, 4.69) is 48.5 Å². The number of rotatable bonds is 12. The molecule has 1 aliphatic heterocycles. The predicted octanol–water partition coefficient (Wildman–Crippen LogP) is 7.99. The van der Waals surface area contributed by atoms with Crippen LogP contribution < -0.4 is 0 Å². The van der Waals surface area contributed by atoms with Crippen molar-refractivity contribution in [3.8, 4) is 0 Å². The fourth-order valence-corrected chi connectivity index (χ4v) is 14.7. The Morgan fingerprint density at radius 1 is 0.897 bits per heavy atom. The van der Waals surface area contributed by atoms with Gasteiger partial charge >= 0.3 is 11.9 Å². The van der Waals surface area contributed by atoms with E-state index >= 15 is 0 Å². The summed E-state index contributed by atoms with van der Waals surface area (Å²) < 4.78 is 6.18. The average molecular weight is 807 g/mol. The van der Waals surface area contributed by atoms with Crippen molar-refractivity contribution in [1.29, 1.82) is 0 Å². The van der Waals surface area contributed by atoms with Gasteiger partial charge in [0.2, 0.25) is 11.8 Å². The number of likely N-dealkylation sites (tertiary alicyclic amines) is 1. The largest absolute Gasteiger partial charge is 0.481 e. The third kappa shape index (κ3) is 6.80. The van der Waals surface area contributed by atoms with Gasteiger partial charge < -0.3 is 24.7 Å². The molecule has 0 aromatic heterocycles. The number of aliphatic hydroxyl groups is 1. The second-order valence-electron chi connectivity index (χ2n) is 22.6. The number of carboxylic acids is 1. The number of hydrogen-bond donors (Lipinski definition) is 2. The molecule has 324 valence electrons. The molecule has 1 heterocycles. The van der Waals surface area contributed by atoms with E-state index in [1.807, 2.05) is 4.90 Å². The van der Waals surface area contributed by atoms with E-state index in [-0.39, 0.29) is 76.7 Å². The molecule has 58 heavy (non-hydrogen) atoms. The summed E-state index contributed by atoms with van der Waals surface area (Å²) in [5.41, 5.74) is -0.142. The maximum atomic E-state index is 14.3. The molecule has 0 aromatic rings. The highest BCUT2D eigenvalue weighted by atomic mass is 16.5. The zero-order valence-corrected chi connectivity index (χ0v) is 37.2. The highest BCUT2D eigenvalue weighted by molar-refractivity contribution is 6.01. The summed E-state index contributed by atoms with van der Waals surface area (Å²) in [6.45, 7) is 20.9. The highest BCUT2D eigenvalue weighted by Crippen LogP contribution is 2.77. The van der Waals surface area contributed by atoms with Crippen LogP contribution in [0.3, 0.4) is 0 Å². The van der Waals surface area contributed by atoms with Crippen LogP contribution in [0, 0.1) is 62.1 Å². The molecule has 0 spiro atoms. The van der Waals surface area contributed by atoms with Crippen molar-refractivity contribution >= 4 is 29.5 Å². The minimum Gasteiger partial charge on any atom is -0.481 e. The number of allylic oxidation sites excluding steroid dienone is 1. The van der Waals surface area contributed by atoms with Crippen LogP contribution in [0.5, 0.6) is 0 Å². The van der Waals surface area contributed by atoms with Crippen LogP contribution in [0.2, 0.25) is 0 Å². The zero-order valence-electron chi connectivity index (χ0n) is 37.2. The van der Waals surface area contributed by atoms with Crippen LogP contribution in [0.4, 0.5) is 0 Å². The maximum Gasteiger partial charge on any atom is 0.309 e. The van der Waals surface area contributed by atoms with Crippen molar-refractivity contribution in [2.75, 3.05) is 26.2 Å². The number of ether oxygens (including phenoxy) is 1. The normalized spacial score (nSPS) is 37.7. The summed E-state index contributed by atoms with van der Waals surface area (Å²) in [4.78, 5) is 69.3. The van der Waals surface area contributed by atoms with Crippen molar-refractivity contribution in [1.82, 2.24) is 9.80 Å². The minimum absolute atomic E-state index is 0.0153. The number of nitrogens with zero attached hydrogens (tertiary/aromatic N) is 2. The quantitative estimate of drug-likeness (QED) is 0.189. The lowest BCUT2D eigenvalue weighted by atomic mass is 9.33. The number of fused-ring (bicyclic) bond motifs is 7. The summed E-state index contributed by atoms with van der Waals surface area (Å²) in [5, 5.41) is 22.3. The summed E-state index contributed by atoms with van der Waals surface area (Å²) >= 11 is 0. The first-order valence-corrected chi connectivity index (χ1v) is 23.0. The third-order valence-corrected chi connectivity index (χ3v) is 18.4. The molecule has 6 fully saturated rings. The lowest BCUT2D eigenvalue weighted by Gasteiger charge is -2.72. The van der Waals surface area contributed by atoms with Gasteiger partial charge in [-0.25, -0.2) is 0 Å². The third-order valence-electron chi connectivity index (χ3n) is 18.4. The van der Waals surface area contributed by atoms with E-state index in [0.29, 0.717) is 50.1 Å². The molecule has 5 saturated carbocycles. The van der Waals surface area contributed by atoms with Gasteiger partial charge in [0, 0.05) is 43.3 Å². The van der Waals surface area contributed by atoms with Gasteiger partial charge in [-0.1, -0.05) is 60.5 Å². The van der Waals surface area contributed by atoms with Crippen LogP contribution in [-0.4, -0.2) is 87.9 Å². The number of aliphatic carboxylic acids is 1. The number of hydrogen-bond acceptors (Lipinski definition) is 7. The Kier molecular flexibility index (Phi) is 11.2. The lowest BCUT2D eigenvalue weighted by Crippen LogP contribution is -2.66. The Morgan fingerprint density at radius 3 is 2.21 bits per heavy atom. The maximum absolute atomic E-state index is 14.3. The van der Waals surface area contributed by atoms with E-state index in [9.17, 15) is 34.2 Å². The second kappa shape index (κ2) is 15.0. The zero-order chi connectivity index (χ0) is 42.4. The Balaban J connectivity index is 1.15. The average Bonchev–Trinajstić information content (AvgIpc) is 3.66. The molecule has 7 aliphatic rings. The summed E-state index contributed by atoms with van der Waals surface area (Å²) in [6.07, 6.45) is 10.9. The summed E-state index contributed by atoms with van der Waals surface area (Å²) in [5.74, 6) is 0.0205. The molecule has 0 radical (unpaired) electrons. The number of aliphatic hydroxyl groups excluding tert-OH is 1. The van der Waals surface area contributed by atoms with Gasteiger partial charge in [0.25, 0.3) is 0 Å². The molecule has 7 rings (SSSR count). The Hall–Kier alpha value is -2.75. The molecule has 9 atom stereocenters. The van der Waals surface area contributed by atoms with Crippen molar-refractivity contribution in [3.05, 3.63) is 11.1 Å². The topological polar surface area (TPSA) is 142 Å². The van der Waals surface area contributed by atoms with Crippen molar-refractivity contribution < 1.29 is 38.9 Å². The van der Waals surface area contributed by atoms with Gasteiger partial charge in [-0.15, -0.1) is 0 Å². The number of Topliss-reactive ketones (excluding diaryl/α,β-unsaturated/α-hetero) is 1. The number of esters is 1. The number of carbonyl (C=O) groups excluding carboxylic acids is 4. The SMILES string of the molecule is CC(C)C1=C2[C@H]3CC[C@@H]4[C@@]5(C)CC[C@H](OC(=O)CC(C)(C)C(=O)O)C(C)(C)[C@@H]5CC[C@@]4(C)[C@]3(C)CC[C@@]2([C@@H](O)CN(CC2CCC2)C(=O)CN2CCCC2=O)CC1=O. The van der Waals surface area contributed by atoms with Crippen LogP contribution in [-0.2, 0) is 28.7 Å². The molecule has 0 unspecified atom stereocenters. The molecule has 0 aromatic carbocycles. The number of carbonyl (C=O) groups is 5. The van der Waals surface area contributed by atoms with Gasteiger partial charge in [0.05, 0.1) is 24.5 Å². The van der Waals surface area contributed by atoms with E-state index in [1.165, 1.54) is 5.57 Å². The van der Waals surface area contributed by atoms with Gasteiger partial charge in [-0.05, 0) is 136 Å². The number of amides is 2. The van der Waals surface area contributed by atoms with Crippen molar-refractivity contribution in [2.45, 2.75) is 171 Å². The van der Waals surface area contributed by atoms with E-state index in [0.717, 1.165) is 76.2 Å². The number of carboxylic acid groups (broad SMARTS) is 1. The molecule has 1 saturated heterocycles. The minimum atomic E-state index is -1.19. The second-order valence-corrected chi connectivity index (χ2v) is 22.6. The molecule has 6 aliphatic carbocycles. The predicted molar refractivity (Wildman–Crippen MR) is 221 cm³/mol. The van der Waals surface area contributed by atoms with Gasteiger partial charge in [-0.2, -0.15) is 0 Å². The molecule has 2 amide bonds. The molecule has 10 heteroatoms. The molecule has 10 nitrogen and oxygen atoms in total. The fourth-order valence-electron chi connectivity index (χ4n) is 14.7. The molecular weight excluding hydrogens is 733 g/mol. The van der Waals surface area contributed by atoms with Crippen LogP contribution in [0.25, 0.3) is 0 Å². The first-order valence-electron chi connectivity index (χ1n) is 23.0. The summed E-state index contributed by atoms with van der Waals surface area (Å²) in [6, 6.07) is 0. The number of ketones is 1. The van der Waals surface area contributed by atoms with Crippen LogP contribution in [0.15, 0.2) is 11.1 Å². The van der Waals surface area contributed by atoms with Crippen LogP contribution >= 0.6 is 0 Å². The van der Waals surface area contributed by atoms with Crippen LogP contribution in [0.1, 0.15) is 159 Å². The van der Waals surface area contributed by atoms with Gasteiger partial charge in [0.15, 0.2) is 5.78 Å². The Morgan fingerprint density at radius 2 is 1.60 bits per heavy atom. The summed E-state index contributed by atoms with van der Waals surface area (Å²) in [7, 11) is 0. The smallest absolute Gasteiger partial charge is 0.309 e. The first-order chi connectivity index (χ1) is 27.0. The van der Waals surface area contributed by atoms with E-state index < -0.39 is 28.9 Å². The Labute approximate surface area is 347 Å². The highest BCUT2D eigenvalue weighted by Gasteiger charge is 2.71. The van der Waals surface area contributed by atoms with Gasteiger partial charge in [-0.3, -0.25) is 24.0 Å². The van der Waals surface area contributed by atoms with E-state index in [4.69, 9.17) is 4.74 Å². The van der Waals surface area contributed by atoms with Crippen molar-refractivity contribution in [2.24, 2.45) is 62.1 Å². The Bertz CT molecular complexity index is 1730. The van der Waals surface area contributed by atoms with Gasteiger partial charge in [0.1, 0.15) is 6.10 Å². The van der Waals surface area contributed by atoms with Crippen molar-refractivity contribution in [3.63, 3.8) is 0 Å². The lowest BCUT2D eigenvalue weighted by molar-refractivity contribution is -0.235. The van der Waals surface area contributed by atoms with E-state index in [1.54, 1.807) is 18.7 Å². The molecule has 0 bridgehead atoms. The molecule has 2 N–H and O–H groups in total. The fraction of sp³-hybridized carbons (Fsp3) is 0.854. The standard InChI is InChI=1S/C48H74N2O8/c1-29(2)40-32(51)24-48(35(52)27-50(26-30-12-10-13-30)38(54)28-49-23-11-14-37(49)53)22-21-46(8)31(41(40)48)15-16-34-45(7)19-18-36(58-39(55)25-43(3,4)42(56)57)44(5,6)33(45)17-20-47(34,46)9/h29-31,33-36,52H,10-28H2,1-9H3,(H,56,57)/t31-,33+,34-,35+,36+,45+,46-,47-,48+/m1/s1. The first kappa shape index (κ1) is 43.3. The molecular formula is C48H74N2O8. The monoisotopic (exact) mass is 807 g/mol.